The molecule has 4 saturated heterocycles. The third-order valence-electron chi connectivity index (χ3n) is 7.79. The molecule has 4 aliphatic rings. The highest BCUT2D eigenvalue weighted by atomic mass is 16.1. The lowest BCUT2D eigenvalue weighted by Crippen LogP contribution is -2.72. The predicted octanol–water partition coefficient (Wildman–Crippen LogP) is 4.15. The molecule has 3 aromatic rings. The Hall–Kier alpha value is -2.82. The molecule has 4 heteroatoms. The van der Waals surface area contributed by atoms with Crippen molar-refractivity contribution in [2.75, 3.05) is 19.6 Å². The highest BCUT2D eigenvalue weighted by Gasteiger charge is 2.64. The second-order valence-corrected chi connectivity index (χ2v) is 9.15. The average molecular weight is 410 g/mol. The SMILES string of the molecule is O=C(c1ccc(-c2ccccc2)cc1)C12C(c3cccnc3)CNC1C1CCN2CC1. The molecule has 7 rings (SSSR count). The number of carbonyl (C=O) groups excluding carboxylic acids is 1. The first-order valence-electron chi connectivity index (χ1n) is 11.4. The largest absolute Gasteiger partial charge is 0.311 e. The molecule has 156 valence electrons. The van der Waals surface area contributed by atoms with E-state index in [1.807, 2.05) is 48.8 Å². The van der Waals surface area contributed by atoms with Gasteiger partial charge < -0.3 is 5.32 Å². The highest BCUT2D eigenvalue weighted by molar-refractivity contribution is 6.05. The maximum absolute atomic E-state index is 14.3. The van der Waals surface area contributed by atoms with Crippen molar-refractivity contribution in [1.29, 1.82) is 0 Å². The average Bonchev–Trinajstić information content (AvgIpc) is 3.29. The summed E-state index contributed by atoms with van der Waals surface area (Å²) in [6.07, 6.45) is 6.12. The van der Waals surface area contributed by atoms with Crippen LogP contribution in [0.2, 0.25) is 0 Å². The maximum Gasteiger partial charge on any atom is 0.185 e. The molecule has 0 saturated carbocycles. The second kappa shape index (κ2) is 7.40. The summed E-state index contributed by atoms with van der Waals surface area (Å²) in [5, 5.41) is 3.78. The first-order chi connectivity index (χ1) is 15.3. The fourth-order valence-corrected chi connectivity index (χ4v) is 6.39. The minimum Gasteiger partial charge on any atom is -0.311 e. The number of nitrogens with zero attached hydrogens (tertiary/aromatic N) is 2. The second-order valence-electron chi connectivity index (χ2n) is 9.15. The van der Waals surface area contributed by atoms with Crippen molar-refractivity contribution in [2.45, 2.75) is 30.3 Å². The Labute approximate surface area is 183 Å². The first-order valence-corrected chi connectivity index (χ1v) is 11.4. The Kier molecular flexibility index (Phi) is 4.51. The smallest absolute Gasteiger partial charge is 0.185 e. The fraction of sp³-hybridized carbons (Fsp3) is 0.333. The van der Waals surface area contributed by atoms with E-state index in [2.05, 4.69) is 45.5 Å². The number of Topliss-reactive ketones (excluding diaryl/α,β-unsaturated/α-hetero) is 1. The van der Waals surface area contributed by atoms with Crippen LogP contribution in [-0.4, -0.2) is 46.9 Å². The van der Waals surface area contributed by atoms with Crippen LogP contribution >= 0.6 is 0 Å². The quantitative estimate of drug-likeness (QED) is 0.658. The summed E-state index contributed by atoms with van der Waals surface area (Å²) in [5.41, 5.74) is 3.78. The Balaban J connectivity index is 1.42. The molecule has 2 aromatic carbocycles. The van der Waals surface area contributed by atoms with Gasteiger partial charge in [0.05, 0.1) is 0 Å². The van der Waals surface area contributed by atoms with Crippen LogP contribution in [0.1, 0.15) is 34.7 Å². The third-order valence-corrected chi connectivity index (χ3v) is 7.79. The Morgan fingerprint density at radius 3 is 2.39 bits per heavy atom. The number of piperidine rings is 3. The lowest BCUT2D eigenvalue weighted by atomic mass is 9.63. The summed E-state index contributed by atoms with van der Waals surface area (Å²) < 4.78 is 0. The van der Waals surface area contributed by atoms with E-state index >= 15 is 0 Å². The number of carbonyl (C=O) groups is 1. The molecule has 3 unspecified atom stereocenters. The molecular formula is C27H27N3O. The van der Waals surface area contributed by atoms with E-state index in [1.165, 1.54) is 24.0 Å². The molecular weight excluding hydrogens is 382 g/mol. The van der Waals surface area contributed by atoms with Gasteiger partial charge in [0.2, 0.25) is 0 Å². The molecule has 0 aliphatic carbocycles. The molecule has 31 heavy (non-hydrogen) atoms. The van der Waals surface area contributed by atoms with E-state index in [0.29, 0.717) is 5.92 Å². The van der Waals surface area contributed by atoms with Crippen LogP contribution in [0.15, 0.2) is 79.1 Å². The maximum atomic E-state index is 14.3. The highest BCUT2D eigenvalue weighted by Crippen LogP contribution is 2.51. The number of hydrogen-bond acceptors (Lipinski definition) is 4. The minimum atomic E-state index is -0.515. The van der Waals surface area contributed by atoms with Crippen LogP contribution in [-0.2, 0) is 0 Å². The molecule has 4 fully saturated rings. The van der Waals surface area contributed by atoms with Crippen molar-refractivity contribution < 1.29 is 4.79 Å². The van der Waals surface area contributed by atoms with E-state index in [0.717, 1.165) is 30.8 Å². The van der Waals surface area contributed by atoms with E-state index in [9.17, 15) is 4.79 Å². The third kappa shape index (κ3) is 2.82. The molecule has 1 aromatic heterocycles. The molecule has 3 atom stereocenters. The number of pyridine rings is 1. The van der Waals surface area contributed by atoms with Gasteiger partial charge in [0, 0.05) is 36.5 Å². The number of hydrogen-bond donors (Lipinski definition) is 1. The molecule has 4 aliphatic heterocycles. The van der Waals surface area contributed by atoms with Gasteiger partial charge in [-0.3, -0.25) is 14.7 Å². The van der Waals surface area contributed by atoms with Gasteiger partial charge in [0.15, 0.2) is 5.78 Å². The summed E-state index contributed by atoms with van der Waals surface area (Å²) in [5.74, 6) is 0.954. The Morgan fingerprint density at radius 1 is 0.935 bits per heavy atom. The first kappa shape index (κ1) is 18.9. The van der Waals surface area contributed by atoms with Crippen molar-refractivity contribution in [2.24, 2.45) is 5.92 Å². The molecule has 0 amide bonds. The van der Waals surface area contributed by atoms with E-state index in [4.69, 9.17) is 0 Å². The number of ketones is 1. The predicted molar refractivity (Wildman–Crippen MR) is 122 cm³/mol. The van der Waals surface area contributed by atoms with Gasteiger partial charge >= 0.3 is 0 Å². The van der Waals surface area contributed by atoms with Crippen LogP contribution in [0, 0.1) is 5.92 Å². The Bertz CT molecular complexity index is 1070. The normalized spacial score (nSPS) is 31.4. The van der Waals surface area contributed by atoms with Crippen molar-refractivity contribution in [3.8, 4) is 11.1 Å². The van der Waals surface area contributed by atoms with Crippen molar-refractivity contribution >= 4 is 5.78 Å². The summed E-state index contributed by atoms with van der Waals surface area (Å²) in [6.45, 7) is 2.85. The lowest BCUT2D eigenvalue weighted by molar-refractivity contribution is -0.0313. The van der Waals surface area contributed by atoms with Crippen molar-refractivity contribution in [1.82, 2.24) is 15.2 Å². The zero-order chi connectivity index (χ0) is 20.8. The minimum absolute atomic E-state index is 0.121. The number of aromatic nitrogens is 1. The van der Waals surface area contributed by atoms with E-state index in [-0.39, 0.29) is 17.7 Å². The monoisotopic (exact) mass is 409 g/mol. The van der Waals surface area contributed by atoms with Crippen LogP contribution in [0.25, 0.3) is 11.1 Å². The summed E-state index contributed by atoms with van der Waals surface area (Å²) in [6, 6.07) is 22.9. The lowest BCUT2D eigenvalue weighted by Gasteiger charge is -2.57. The number of nitrogens with one attached hydrogen (secondary N) is 1. The van der Waals surface area contributed by atoms with Gasteiger partial charge in [0.25, 0.3) is 0 Å². The summed E-state index contributed by atoms with van der Waals surface area (Å²) in [4.78, 5) is 21.2. The van der Waals surface area contributed by atoms with Gasteiger partial charge in [-0.25, -0.2) is 0 Å². The Morgan fingerprint density at radius 2 is 1.68 bits per heavy atom. The van der Waals surface area contributed by atoms with Crippen molar-refractivity contribution in [3.63, 3.8) is 0 Å². The van der Waals surface area contributed by atoms with Crippen LogP contribution < -0.4 is 5.32 Å². The standard InChI is InChI=1S/C27H27N3O/c31-26(22-10-8-20(9-11-22)19-5-2-1-3-6-19)27-24(23-7-4-14-28-17-23)18-29-25(27)21-12-15-30(27)16-13-21/h1-11,14,17,21,24-25,29H,12-13,15-16,18H2. The molecule has 4 nitrogen and oxygen atoms in total. The van der Waals surface area contributed by atoms with Gasteiger partial charge in [0.1, 0.15) is 5.54 Å². The van der Waals surface area contributed by atoms with Gasteiger partial charge in [-0.2, -0.15) is 0 Å². The molecule has 2 bridgehead atoms. The number of rotatable bonds is 4. The fourth-order valence-electron chi connectivity index (χ4n) is 6.39. The van der Waals surface area contributed by atoms with Crippen LogP contribution in [0.4, 0.5) is 0 Å². The molecule has 1 N–H and O–H groups in total. The van der Waals surface area contributed by atoms with Gasteiger partial charge in [-0.1, -0.05) is 60.7 Å². The zero-order valence-corrected chi connectivity index (χ0v) is 17.6. The van der Waals surface area contributed by atoms with Crippen LogP contribution in [0.3, 0.4) is 0 Å². The zero-order valence-electron chi connectivity index (χ0n) is 17.6. The molecule has 0 radical (unpaired) electrons. The topological polar surface area (TPSA) is 45.2 Å². The summed E-state index contributed by atoms with van der Waals surface area (Å²) >= 11 is 0. The van der Waals surface area contributed by atoms with E-state index in [1.54, 1.807) is 0 Å². The van der Waals surface area contributed by atoms with Crippen molar-refractivity contribution in [3.05, 3.63) is 90.3 Å². The van der Waals surface area contributed by atoms with Gasteiger partial charge in [-0.05, 0) is 54.6 Å². The van der Waals surface area contributed by atoms with Crippen LogP contribution in [0.5, 0.6) is 0 Å². The summed E-state index contributed by atoms with van der Waals surface area (Å²) in [7, 11) is 0. The van der Waals surface area contributed by atoms with E-state index < -0.39 is 5.54 Å². The van der Waals surface area contributed by atoms with Gasteiger partial charge in [-0.15, -0.1) is 0 Å². The molecule has 0 spiro atoms. The number of benzene rings is 2. The number of fused-ring (bicyclic) bond motifs is 2. The molecule has 5 heterocycles.